The predicted octanol–water partition coefficient (Wildman–Crippen LogP) is 5.82. The Balaban J connectivity index is 2.07. The summed E-state index contributed by atoms with van der Waals surface area (Å²) < 4.78 is 2.02. The summed E-state index contributed by atoms with van der Waals surface area (Å²) in [7, 11) is 0. The van der Waals surface area contributed by atoms with Crippen LogP contribution in [0.15, 0.2) is 24.4 Å². The highest BCUT2D eigenvalue weighted by Crippen LogP contribution is 2.33. The third-order valence-electron chi connectivity index (χ3n) is 3.43. The minimum absolute atomic E-state index is 0.446. The van der Waals surface area contributed by atoms with E-state index in [2.05, 4.69) is 24.3 Å². The summed E-state index contributed by atoms with van der Waals surface area (Å²) in [6, 6.07) is 5.78. The zero-order valence-corrected chi connectivity index (χ0v) is 14.3. The zero-order chi connectivity index (χ0) is 15.4. The number of benzene rings is 1. The molecule has 0 fully saturated rings. The van der Waals surface area contributed by atoms with Gasteiger partial charge in [0.1, 0.15) is 0 Å². The maximum Gasteiger partial charge on any atom is 0.0815 e. The van der Waals surface area contributed by atoms with Crippen LogP contribution < -0.4 is 5.32 Å². The van der Waals surface area contributed by atoms with Crippen LogP contribution in [0.4, 0.5) is 5.69 Å². The first-order valence-corrected chi connectivity index (χ1v) is 8.11. The van der Waals surface area contributed by atoms with E-state index in [1.807, 2.05) is 16.9 Å². The zero-order valence-electron chi connectivity index (χ0n) is 12.0. The minimum atomic E-state index is 0.446. The van der Waals surface area contributed by atoms with Gasteiger partial charge >= 0.3 is 0 Å². The summed E-state index contributed by atoms with van der Waals surface area (Å²) in [4.78, 5) is 0. The topological polar surface area (TPSA) is 29.9 Å². The predicted molar refractivity (Wildman–Crippen MR) is 90.6 cm³/mol. The Labute approximate surface area is 140 Å². The van der Waals surface area contributed by atoms with Crippen molar-refractivity contribution in [2.45, 2.75) is 39.3 Å². The molecule has 0 unspecified atom stereocenters. The molecule has 1 aromatic carbocycles. The van der Waals surface area contributed by atoms with Gasteiger partial charge in [0, 0.05) is 11.2 Å². The first-order valence-electron chi connectivity index (χ1n) is 6.97. The highest BCUT2D eigenvalue weighted by Gasteiger charge is 2.10. The number of nitrogens with zero attached hydrogens (tertiary/aromatic N) is 2. The Morgan fingerprint density at radius 1 is 1.14 bits per heavy atom. The fourth-order valence-corrected chi connectivity index (χ4v) is 3.18. The molecular formula is C15H18Cl3N3. The van der Waals surface area contributed by atoms with Crippen molar-refractivity contribution >= 4 is 40.5 Å². The van der Waals surface area contributed by atoms with E-state index < -0.39 is 0 Å². The molecule has 0 spiro atoms. The largest absolute Gasteiger partial charge is 0.377 e. The lowest BCUT2D eigenvalue weighted by Gasteiger charge is -2.13. The van der Waals surface area contributed by atoms with Gasteiger partial charge in [-0.3, -0.25) is 4.68 Å². The van der Waals surface area contributed by atoms with Gasteiger partial charge in [0.2, 0.25) is 0 Å². The summed E-state index contributed by atoms with van der Waals surface area (Å²) >= 11 is 18.2. The van der Waals surface area contributed by atoms with E-state index in [1.54, 1.807) is 12.1 Å². The molecule has 1 N–H and O–H groups in total. The molecular weight excluding hydrogens is 329 g/mol. The molecule has 0 bridgehead atoms. The van der Waals surface area contributed by atoms with Gasteiger partial charge in [-0.2, -0.15) is 5.10 Å². The first kappa shape index (κ1) is 16.5. The average molecular weight is 347 g/mol. The van der Waals surface area contributed by atoms with Crippen LogP contribution in [-0.2, 0) is 6.54 Å². The van der Waals surface area contributed by atoms with E-state index in [0.29, 0.717) is 33.3 Å². The van der Waals surface area contributed by atoms with Crippen molar-refractivity contribution < 1.29 is 0 Å². The number of aromatic nitrogens is 2. The molecule has 0 aliphatic rings. The van der Waals surface area contributed by atoms with Crippen molar-refractivity contribution in [3.8, 4) is 0 Å². The van der Waals surface area contributed by atoms with Crippen molar-refractivity contribution in [1.82, 2.24) is 9.78 Å². The Kier molecular flexibility index (Phi) is 5.80. The maximum absolute atomic E-state index is 6.14. The van der Waals surface area contributed by atoms with Gasteiger partial charge < -0.3 is 5.32 Å². The molecule has 114 valence electrons. The fourth-order valence-electron chi connectivity index (χ4n) is 2.23. The Bertz CT molecular complexity index is 583. The molecule has 0 atom stereocenters. The molecule has 0 aliphatic carbocycles. The lowest BCUT2D eigenvalue weighted by atomic mass is 10.2. The molecule has 3 nitrogen and oxygen atoms in total. The fraction of sp³-hybridized carbons (Fsp3) is 0.400. The molecule has 6 heteroatoms. The molecule has 2 rings (SSSR count). The normalized spacial score (nSPS) is 11.1. The van der Waals surface area contributed by atoms with Gasteiger partial charge in [0.05, 0.1) is 34.0 Å². The van der Waals surface area contributed by atoms with Gasteiger partial charge in [0.15, 0.2) is 0 Å². The number of halogens is 3. The quantitative estimate of drug-likeness (QED) is 0.714. The van der Waals surface area contributed by atoms with E-state index in [-0.39, 0.29) is 0 Å². The van der Waals surface area contributed by atoms with Crippen molar-refractivity contribution in [3.63, 3.8) is 0 Å². The Hall–Kier alpha value is -0.900. The lowest BCUT2D eigenvalue weighted by Crippen LogP contribution is -2.09. The summed E-state index contributed by atoms with van der Waals surface area (Å²) in [5.41, 5.74) is 1.63. The van der Waals surface area contributed by atoms with Crippen LogP contribution in [0, 0.1) is 0 Å². The number of anilines is 1. The standard InChI is InChI=1S/C15H18Cl3N3/c1-3-12(4-2)21-6-5-11(20-21)9-19-15-13(17)7-10(16)8-14(15)18/h5-8,12,19H,3-4,9H2,1-2H3. The molecule has 21 heavy (non-hydrogen) atoms. The molecule has 0 aliphatic heterocycles. The van der Waals surface area contributed by atoms with Gasteiger partial charge in [-0.05, 0) is 31.0 Å². The maximum atomic E-state index is 6.14. The monoisotopic (exact) mass is 345 g/mol. The summed E-state index contributed by atoms with van der Waals surface area (Å²) in [6.45, 7) is 4.90. The van der Waals surface area contributed by atoms with Crippen LogP contribution in [-0.4, -0.2) is 9.78 Å². The molecule has 0 radical (unpaired) electrons. The van der Waals surface area contributed by atoms with E-state index in [9.17, 15) is 0 Å². The number of nitrogens with one attached hydrogen (secondary N) is 1. The molecule has 0 saturated carbocycles. The van der Waals surface area contributed by atoms with Crippen LogP contribution in [0.1, 0.15) is 38.4 Å². The van der Waals surface area contributed by atoms with Crippen LogP contribution in [0.3, 0.4) is 0 Å². The molecule has 1 heterocycles. The van der Waals surface area contributed by atoms with Crippen LogP contribution in [0.25, 0.3) is 0 Å². The van der Waals surface area contributed by atoms with E-state index in [0.717, 1.165) is 18.5 Å². The summed E-state index contributed by atoms with van der Waals surface area (Å²) in [5.74, 6) is 0. The smallest absolute Gasteiger partial charge is 0.0815 e. The van der Waals surface area contributed by atoms with Crippen molar-refractivity contribution in [2.24, 2.45) is 0 Å². The molecule has 0 saturated heterocycles. The van der Waals surface area contributed by atoms with Gasteiger partial charge in [-0.15, -0.1) is 0 Å². The summed E-state index contributed by atoms with van der Waals surface area (Å²) in [6.07, 6.45) is 4.15. The SMILES string of the molecule is CCC(CC)n1ccc(CNc2c(Cl)cc(Cl)cc2Cl)n1. The van der Waals surface area contributed by atoms with Gasteiger partial charge in [-0.25, -0.2) is 0 Å². The number of rotatable bonds is 6. The highest BCUT2D eigenvalue weighted by molar-refractivity contribution is 6.41. The Morgan fingerprint density at radius 2 is 1.76 bits per heavy atom. The Morgan fingerprint density at radius 3 is 2.33 bits per heavy atom. The molecule has 0 amide bonds. The van der Waals surface area contributed by atoms with Gasteiger partial charge in [0.25, 0.3) is 0 Å². The van der Waals surface area contributed by atoms with E-state index in [4.69, 9.17) is 34.8 Å². The highest BCUT2D eigenvalue weighted by atomic mass is 35.5. The second-order valence-corrected chi connectivity index (χ2v) is 6.11. The number of hydrogen-bond acceptors (Lipinski definition) is 2. The third kappa shape index (κ3) is 4.06. The van der Waals surface area contributed by atoms with Gasteiger partial charge in [-0.1, -0.05) is 48.7 Å². The van der Waals surface area contributed by atoms with Crippen molar-refractivity contribution in [2.75, 3.05) is 5.32 Å². The van der Waals surface area contributed by atoms with Crippen molar-refractivity contribution in [3.05, 3.63) is 45.2 Å². The van der Waals surface area contributed by atoms with E-state index in [1.165, 1.54) is 0 Å². The van der Waals surface area contributed by atoms with Crippen LogP contribution in [0.2, 0.25) is 15.1 Å². The van der Waals surface area contributed by atoms with Crippen LogP contribution in [0.5, 0.6) is 0 Å². The first-order chi connectivity index (χ1) is 10.0. The third-order valence-corrected chi connectivity index (χ3v) is 4.25. The lowest BCUT2D eigenvalue weighted by molar-refractivity contribution is 0.426. The minimum Gasteiger partial charge on any atom is -0.377 e. The van der Waals surface area contributed by atoms with Crippen LogP contribution >= 0.6 is 34.8 Å². The average Bonchev–Trinajstić information content (AvgIpc) is 2.87. The second-order valence-electron chi connectivity index (χ2n) is 4.86. The summed E-state index contributed by atoms with van der Waals surface area (Å²) in [5, 5.41) is 9.34. The molecule has 2 aromatic rings. The second kappa shape index (κ2) is 7.39. The van der Waals surface area contributed by atoms with E-state index >= 15 is 0 Å². The number of hydrogen-bond donors (Lipinski definition) is 1. The van der Waals surface area contributed by atoms with Crippen molar-refractivity contribution in [1.29, 1.82) is 0 Å². The molecule has 1 aromatic heterocycles.